The third-order valence-electron chi connectivity index (χ3n) is 3.10. The average Bonchev–Trinajstić information content (AvgIpc) is 2.82. The number of carboxylic acids is 1. The first kappa shape index (κ1) is 14.8. The Kier molecular flexibility index (Phi) is 6.49. The lowest BCUT2D eigenvalue weighted by molar-refractivity contribution is -0.141. The Morgan fingerprint density at radius 3 is 2.83 bits per heavy atom. The first-order valence-electron chi connectivity index (χ1n) is 6.43. The van der Waals surface area contributed by atoms with Crippen molar-refractivity contribution in [3.05, 3.63) is 0 Å². The zero-order chi connectivity index (χ0) is 13.4. The van der Waals surface area contributed by atoms with Gasteiger partial charge in [0.25, 0.3) is 0 Å². The second-order valence-corrected chi connectivity index (χ2v) is 4.48. The van der Waals surface area contributed by atoms with E-state index in [9.17, 15) is 9.59 Å². The molecule has 0 aromatic rings. The highest BCUT2D eigenvalue weighted by Crippen LogP contribution is 2.17. The molecule has 104 valence electrons. The van der Waals surface area contributed by atoms with Gasteiger partial charge in [-0.15, -0.1) is 0 Å². The second kappa shape index (κ2) is 7.92. The van der Waals surface area contributed by atoms with Crippen LogP contribution >= 0.6 is 0 Å². The first-order chi connectivity index (χ1) is 8.66. The lowest BCUT2D eigenvalue weighted by Crippen LogP contribution is -2.46. The number of amides is 2. The Labute approximate surface area is 107 Å². The van der Waals surface area contributed by atoms with Gasteiger partial charge in [0.2, 0.25) is 0 Å². The van der Waals surface area contributed by atoms with Gasteiger partial charge in [-0.3, -0.25) is 0 Å². The van der Waals surface area contributed by atoms with Crippen molar-refractivity contribution < 1.29 is 19.4 Å². The van der Waals surface area contributed by atoms with Gasteiger partial charge in [0, 0.05) is 26.8 Å². The number of rotatable bonds is 7. The fraction of sp³-hybridized carbons (Fsp3) is 0.833. The predicted octanol–water partition coefficient (Wildman–Crippen LogP) is 1.06. The van der Waals surface area contributed by atoms with Crippen LogP contribution in [-0.2, 0) is 9.53 Å². The van der Waals surface area contributed by atoms with Gasteiger partial charge in [0.15, 0.2) is 0 Å². The summed E-state index contributed by atoms with van der Waals surface area (Å²) in [5.41, 5.74) is 0. The van der Waals surface area contributed by atoms with Crippen LogP contribution in [-0.4, -0.2) is 54.9 Å². The first-order valence-corrected chi connectivity index (χ1v) is 6.43. The highest BCUT2D eigenvalue weighted by Gasteiger charge is 2.33. The van der Waals surface area contributed by atoms with Crippen molar-refractivity contribution in [2.75, 3.05) is 26.8 Å². The van der Waals surface area contributed by atoms with E-state index in [0.717, 1.165) is 32.3 Å². The maximum absolute atomic E-state index is 11.8. The molecule has 6 nitrogen and oxygen atoms in total. The molecule has 0 saturated carbocycles. The molecule has 0 spiro atoms. The fourth-order valence-corrected chi connectivity index (χ4v) is 2.11. The molecule has 18 heavy (non-hydrogen) atoms. The zero-order valence-corrected chi connectivity index (χ0v) is 10.9. The van der Waals surface area contributed by atoms with E-state index >= 15 is 0 Å². The van der Waals surface area contributed by atoms with Gasteiger partial charge in [0.05, 0.1) is 0 Å². The largest absolute Gasteiger partial charge is 0.480 e. The van der Waals surface area contributed by atoms with Crippen LogP contribution in [0.1, 0.15) is 32.1 Å². The van der Waals surface area contributed by atoms with Crippen LogP contribution in [0.15, 0.2) is 0 Å². The topological polar surface area (TPSA) is 78.9 Å². The van der Waals surface area contributed by atoms with Gasteiger partial charge in [-0.05, 0) is 32.1 Å². The van der Waals surface area contributed by atoms with Crippen molar-refractivity contribution in [2.45, 2.75) is 38.1 Å². The van der Waals surface area contributed by atoms with Gasteiger partial charge in [-0.1, -0.05) is 0 Å². The summed E-state index contributed by atoms with van der Waals surface area (Å²) in [7, 11) is 1.67. The van der Waals surface area contributed by atoms with E-state index in [1.54, 1.807) is 7.11 Å². The van der Waals surface area contributed by atoms with E-state index in [1.165, 1.54) is 4.90 Å². The van der Waals surface area contributed by atoms with Crippen molar-refractivity contribution >= 4 is 12.0 Å². The molecule has 6 heteroatoms. The van der Waals surface area contributed by atoms with E-state index in [1.807, 2.05) is 0 Å². The highest BCUT2D eigenvalue weighted by atomic mass is 16.5. The summed E-state index contributed by atoms with van der Waals surface area (Å²) in [6.07, 6.45) is 4.18. The minimum atomic E-state index is -0.914. The summed E-state index contributed by atoms with van der Waals surface area (Å²) >= 11 is 0. The molecule has 1 saturated heterocycles. The number of methoxy groups -OCH3 is 1. The number of aliphatic carboxylic acids is 1. The quantitative estimate of drug-likeness (QED) is 0.669. The third-order valence-corrected chi connectivity index (χ3v) is 3.10. The summed E-state index contributed by atoms with van der Waals surface area (Å²) in [4.78, 5) is 24.1. The Morgan fingerprint density at radius 2 is 2.17 bits per heavy atom. The molecule has 0 aromatic heterocycles. The van der Waals surface area contributed by atoms with Gasteiger partial charge in [-0.25, -0.2) is 9.59 Å². The Morgan fingerprint density at radius 1 is 1.39 bits per heavy atom. The molecule has 0 aliphatic carbocycles. The monoisotopic (exact) mass is 258 g/mol. The number of carbonyl (C=O) groups excluding carboxylic acids is 1. The molecule has 1 heterocycles. The maximum Gasteiger partial charge on any atom is 0.326 e. The van der Waals surface area contributed by atoms with Crippen LogP contribution in [0.3, 0.4) is 0 Å². The number of unbranched alkanes of at least 4 members (excludes halogenated alkanes) is 2. The van der Waals surface area contributed by atoms with E-state index in [-0.39, 0.29) is 6.03 Å². The molecule has 0 bridgehead atoms. The normalized spacial score (nSPS) is 18.9. The number of nitrogens with zero attached hydrogens (tertiary/aromatic N) is 1. The minimum absolute atomic E-state index is 0.258. The standard InChI is InChI=1S/C12H22N2O4/c1-18-9-4-2-3-7-13-12(17)14-8-5-6-10(14)11(15)16/h10H,2-9H2,1H3,(H,13,17)(H,15,16)/t10-/m1/s1. The van der Waals surface area contributed by atoms with E-state index in [2.05, 4.69) is 5.32 Å². The van der Waals surface area contributed by atoms with Crippen LogP contribution in [0, 0.1) is 0 Å². The summed E-state index contributed by atoms with van der Waals surface area (Å²) in [6.45, 7) is 1.86. The van der Waals surface area contributed by atoms with Crippen molar-refractivity contribution in [2.24, 2.45) is 0 Å². The second-order valence-electron chi connectivity index (χ2n) is 4.48. The molecule has 2 N–H and O–H groups in total. The van der Waals surface area contributed by atoms with Crippen molar-refractivity contribution in [1.29, 1.82) is 0 Å². The van der Waals surface area contributed by atoms with Gasteiger partial charge < -0.3 is 20.1 Å². The molecule has 1 atom stereocenters. The summed E-state index contributed by atoms with van der Waals surface area (Å²) in [6, 6.07) is -0.912. The molecule has 0 unspecified atom stereocenters. The maximum atomic E-state index is 11.8. The number of hydrogen-bond donors (Lipinski definition) is 2. The molecule has 0 radical (unpaired) electrons. The van der Waals surface area contributed by atoms with Crippen molar-refractivity contribution in [1.82, 2.24) is 10.2 Å². The number of urea groups is 1. The molecule has 0 aromatic carbocycles. The van der Waals surface area contributed by atoms with Crippen LogP contribution < -0.4 is 5.32 Å². The summed E-state index contributed by atoms with van der Waals surface area (Å²) in [5.74, 6) is -0.914. The Bertz CT molecular complexity index is 283. The molecular weight excluding hydrogens is 236 g/mol. The molecule has 1 rings (SSSR count). The van der Waals surface area contributed by atoms with Gasteiger partial charge >= 0.3 is 12.0 Å². The van der Waals surface area contributed by atoms with Crippen LogP contribution in [0.5, 0.6) is 0 Å². The Hall–Kier alpha value is -1.30. The molecule has 1 aliphatic heterocycles. The van der Waals surface area contributed by atoms with Crippen molar-refractivity contribution in [3.63, 3.8) is 0 Å². The molecule has 1 fully saturated rings. The Balaban J connectivity index is 2.18. The lowest BCUT2D eigenvalue weighted by Gasteiger charge is -2.21. The van der Waals surface area contributed by atoms with E-state index in [0.29, 0.717) is 19.5 Å². The number of carboxylic acid groups (broad SMARTS) is 1. The van der Waals surface area contributed by atoms with E-state index in [4.69, 9.17) is 9.84 Å². The molecule has 1 aliphatic rings. The number of hydrogen-bond acceptors (Lipinski definition) is 3. The number of ether oxygens (including phenoxy) is 1. The smallest absolute Gasteiger partial charge is 0.326 e. The van der Waals surface area contributed by atoms with Gasteiger partial charge in [0.1, 0.15) is 6.04 Å². The minimum Gasteiger partial charge on any atom is -0.480 e. The van der Waals surface area contributed by atoms with Crippen LogP contribution in [0.25, 0.3) is 0 Å². The lowest BCUT2D eigenvalue weighted by atomic mass is 10.2. The third kappa shape index (κ3) is 4.52. The average molecular weight is 258 g/mol. The van der Waals surface area contributed by atoms with Gasteiger partial charge in [-0.2, -0.15) is 0 Å². The SMILES string of the molecule is COCCCCCNC(=O)N1CCC[C@@H]1C(=O)O. The van der Waals surface area contributed by atoms with E-state index < -0.39 is 12.0 Å². The molecular formula is C12H22N2O4. The van der Waals surface area contributed by atoms with Crippen molar-refractivity contribution in [3.8, 4) is 0 Å². The van der Waals surface area contributed by atoms with Crippen LogP contribution in [0.2, 0.25) is 0 Å². The van der Waals surface area contributed by atoms with Crippen LogP contribution in [0.4, 0.5) is 4.79 Å². The zero-order valence-electron chi connectivity index (χ0n) is 10.9. The fourth-order valence-electron chi connectivity index (χ4n) is 2.11. The number of nitrogens with one attached hydrogen (secondary N) is 1. The summed E-state index contributed by atoms with van der Waals surface area (Å²) in [5, 5.41) is 11.7. The molecule has 2 amide bonds. The number of likely N-dealkylation sites (tertiary alicyclic amines) is 1. The summed E-state index contributed by atoms with van der Waals surface area (Å²) < 4.78 is 4.93. The highest BCUT2D eigenvalue weighted by molar-refractivity contribution is 5.83. The predicted molar refractivity (Wildman–Crippen MR) is 66.5 cm³/mol. The number of carbonyl (C=O) groups is 2.